The second-order valence-electron chi connectivity index (χ2n) is 7.15. The molecule has 0 saturated carbocycles. The largest absolute Gasteiger partial charge is 0.387 e. The van der Waals surface area contributed by atoms with Crippen molar-refractivity contribution in [1.29, 1.82) is 0 Å². The molecule has 3 rings (SSSR count). The van der Waals surface area contributed by atoms with Gasteiger partial charge >= 0.3 is 0 Å². The molecule has 28 heavy (non-hydrogen) atoms. The molecule has 0 fully saturated rings. The molecule has 0 saturated heterocycles. The first-order chi connectivity index (χ1) is 13.7. The normalized spacial score (nSPS) is 13.6. The summed E-state index contributed by atoms with van der Waals surface area (Å²) < 4.78 is 6.30. The van der Waals surface area contributed by atoms with E-state index in [1.165, 1.54) is 0 Å². The van der Waals surface area contributed by atoms with E-state index in [0.29, 0.717) is 6.61 Å². The van der Waals surface area contributed by atoms with Gasteiger partial charge in [-0.25, -0.2) is 0 Å². The van der Waals surface area contributed by atoms with Crippen molar-refractivity contribution >= 4 is 0 Å². The van der Waals surface area contributed by atoms with Crippen LogP contribution in [-0.4, -0.2) is 36.2 Å². The van der Waals surface area contributed by atoms with Crippen molar-refractivity contribution in [1.82, 2.24) is 4.90 Å². The van der Waals surface area contributed by atoms with Gasteiger partial charge in [-0.15, -0.1) is 0 Å². The summed E-state index contributed by atoms with van der Waals surface area (Å²) in [6.45, 7) is 3.36. The molecule has 3 aromatic rings. The molecule has 0 bridgehead atoms. The van der Waals surface area contributed by atoms with Crippen LogP contribution in [0.1, 0.15) is 35.8 Å². The van der Waals surface area contributed by atoms with Gasteiger partial charge in [0.05, 0.1) is 12.7 Å². The zero-order chi connectivity index (χ0) is 19.8. The maximum atomic E-state index is 10.6. The number of nitrogens with zero attached hydrogens (tertiary/aromatic N) is 1. The van der Waals surface area contributed by atoms with Gasteiger partial charge in [-0.05, 0) is 30.7 Å². The molecule has 0 heterocycles. The minimum Gasteiger partial charge on any atom is -0.387 e. The van der Waals surface area contributed by atoms with Crippen LogP contribution in [0.5, 0.6) is 0 Å². The molecule has 3 nitrogen and oxygen atoms in total. The van der Waals surface area contributed by atoms with E-state index in [2.05, 4.69) is 29.2 Å². The maximum Gasteiger partial charge on any atom is 0.108 e. The lowest BCUT2D eigenvalue weighted by Gasteiger charge is -2.30. The third kappa shape index (κ3) is 5.29. The Balaban J connectivity index is 1.61. The molecule has 0 spiro atoms. The lowest BCUT2D eigenvalue weighted by molar-refractivity contribution is 0.0294. The van der Waals surface area contributed by atoms with Crippen LogP contribution < -0.4 is 0 Å². The Morgan fingerprint density at radius 3 is 1.64 bits per heavy atom. The summed E-state index contributed by atoms with van der Waals surface area (Å²) in [6.07, 6.45) is -0.615. The minimum absolute atomic E-state index is 0.00194. The fourth-order valence-corrected chi connectivity index (χ4v) is 3.33. The number of hydrogen-bond acceptors (Lipinski definition) is 3. The number of aliphatic hydroxyl groups excluding tert-OH is 1. The number of benzene rings is 3. The summed E-state index contributed by atoms with van der Waals surface area (Å²) in [7, 11) is 2.03. The summed E-state index contributed by atoms with van der Waals surface area (Å²) in [5, 5.41) is 10.6. The average Bonchev–Trinajstić information content (AvgIpc) is 2.77. The van der Waals surface area contributed by atoms with Crippen molar-refractivity contribution in [3.8, 4) is 0 Å². The highest BCUT2D eigenvalue weighted by atomic mass is 16.5. The van der Waals surface area contributed by atoms with Crippen LogP contribution in [0.3, 0.4) is 0 Å². The topological polar surface area (TPSA) is 32.7 Å². The molecule has 0 radical (unpaired) electrons. The molecule has 2 unspecified atom stereocenters. The fourth-order valence-electron chi connectivity index (χ4n) is 3.33. The van der Waals surface area contributed by atoms with Gasteiger partial charge in [0.15, 0.2) is 0 Å². The lowest BCUT2D eigenvalue weighted by atomic mass is 10.0. The summed E-state index contributed by atoms with van der Waals surface area (Å²) in [4.78, 5) is 2.14. The Kier molecular flexibility index (Phi) is 7.38. The highest BCUT2D eigenvalue weighted by Gasteiger charge is 2.21. The van der Waals surface area contributed by atoms with Crippen molar-refractivity contribution in [3.05, 3.63) is 108 Å². The predicted molar refractivity (Wildman–Crippen MR) is 114 cm³/mol. The van der Waals surface area contributed by atoms with Gasteiger partial charge in [0.25, 0.3) is 0 Å². The number of rotatable bonds is 9. The molecule has 146 valence electrons. The maximum absolute atomic E-state index is 10.6. The summed E-state index contributed by atoms with van der Waals surface area (Å²) in [5.74, 6) is 0. The van der Waals surface area contributed by atoms with Gasteiger partial charge < -0.3 is 9.84 Å². The third-order valence-electron chi connectivity index (χ3n) is 5.23. The predicted octanol–water partition coefficient (Wildman–Crippen LogP) is 4.85. The van der Waals surface area contributed by atoms with E-state index < -0.39 is 6.10 Å². The lowest BCUT2D eigenvalue weighted by Crippen LogP contribution is -2.36. The van der Waals surface area contributed by atoms with Crippen molar-refractivity contribution in [2.45, 2.75) is 25.2 Å². The Bertz CT molecular complexity index is 768. The Labute approximate surface area is 168 Å². The average molecular weight is 376 g/mol. The highest BCUT2D eigenvalue weighted by molar-refractivity contribution is 5.29. The van der Waals surface area contributed by atoms with Gasteiger partial charge in [-0.2, -0.15) is 0 Å². The Morgan fingerprint density at radius 1 is 0.750 bits per heavy atom. The van der Waals surface area contributed by atoms with Gasteiger partial charge in [0.2, 0.25) is 0 Å². The zero-order valence-electron chi connectivity index (χ0n) is 16.6. The second kappa shape index (κ2) is 10.2. The molecular weight excluding hydrogens is 346 g/mol. The molecular formula is C25H29NO2. The third-order valence-corrected chi connectivity index (χ3v) is 5.23. The minimum atomic E-state index is -0.523. The van der Waals surface area contributed by atoms with Crippen molar-refractivity contribution in [2.24, 2.45) is 0 Å². The number of likely N-dealkylation sites (N-methyl/N-ethyl adjacent to an activating group) is 1. The van der Waals surface area contributed by atoms with Crippen LogP contribution in [0.4, 0.5) is 0 Å². The summed E-state index contributed by atoms with van der Waals surface area (Å²) >= 11 is 0. The summed E-state index contributed by atoms with van der Waals surface area (Å²) in [6, 6.07) is 30.4. The molecule has 0 aliphatic rings. The van der Waals surface area contributed by atoms with Crippen LogP contribution in [0.2, 0.25) is 0 Å². The van der Waals surface area contributed by atoms with E-state index in [4.69, 9.17) is 4.74 Å². The molecule has 0 amide bonds. The Hall–Kier alpha value is -2.46. The molecule has 0 aromatic heterocycles. The van der Waals surface area contributed by atoms with Crippen molar-refractivity contribution in [3.63, 3.8) is 0 Å². The highest BCUT2D eigenvalue weighted by Crippen LogP contribution is 2.26. The van der Waals surface area contributed by atoms with E-state index in [0.717, 1.165) is 23.2 Å². The molecule has 0 aliphatic carbocycles. The number of ether oxygens (including phenoxy) is 1. The van der Waals surface area contributed by atoms with E-state index in [1.807, 2.05) is 80.7 Å². The first-order valence-electron chi connectivity index (χ1n) is 9.81. The van der Waals surface area contributed by atoms with Gasteiger partial charge in [0.1, 0.15) is 6.10 Å². The second-order valence-corrected chi connectivity index (χ2v) is 7.15. The van der Waals surface area contributed by atoms with E-state index >= 15 is 0 Å². The molecule has 3 heteroatoms. The number of aliphatic hydroxyl groups is 1. The summed E-state index contributed by atoms with van der Waals surface area (Å²) in [5.41, 5.74) is 3.23. The molecule has 0 aliphatic heterocycles. The first kappa shape index (κ1) is 20.3. The first-order valence-corrected chi connectivity index (χ1v) is 9.81. The van der Waals surface area contributed by atoms with E-state index in [1.54, 1.807) is 0 Å². The fraction of sp³-hybridized carbons (Fsp3) is 0.280. The van der Waals surface area contributed by atoms with E-state index in [-0.39, 0.29) is 12.1 Å². The van der Waals surface area contributed by atoms with Crippen molar-refractivity contribution < 1.29 is 9.84 Å². The van der Waals surface area contributed by atoms with Crippen LogP contribution >= 0.6 is 0 Å². The Morgan fingerprint density at radius 2 is 1.18 bits per heavy atom. The van der Waals surface area contributed by atoms with Crippen LogP contribution in [0.25, 0.3) is 0 Å². The van der Waals surface area contributed by atoms with Crippen LogP contribution in [-0.2, 0) is 4.74 Å². The van der Waals surface area contributed by atoms with Crippen LogP contribution in [0, 0.1) is 0 Å². The van der Waals surface area contributed by atoms with Gasteiger partial charge in [-0.3, -0.25) is 4.90 Å². The quantitative estimate of drug-likeness (QED) is 0.580. The van der Waals surface area contributed by atoms with Gasteiger partial charge in [0, 0.05) is 12.6 Å². The zero-order valence-corrected chi connectivity index (χ0v) is 16.6. The number of hydrogen-bond donors (Lipinski definition) is 1. The van der Waals surface area contributed by atoms with Crippen LogP contribution in [0.15, 0.2) is 91.0 Å². The standard InChI is InChI=1S/C25H29NO2/c1-20(24(27)21-12-6-3-7-13-21)26(2)18-19-28-25(22-14-8-4-9-15-22)23-16-10-5-11-17-23/h3-17,20,24-25,27H,18-19H2,1-2H3. The van der Waals surface area contributed by atoms with E-state index in [9.17, 15) is 5.11 Å². The molecule has 1 N–H and O–H groups in total. The molecule has 3 aromatic carbocycles. The van der Waals surface area contributed by atoms with Gasteiger partial charge in [-0.1, -0.05) is 91.0 Å². The monoisotopic (exact) mass is 375 g/mol. The SMILES string of the molecule is CC(C(O)c1ccccc1)N(C)CCOC(c1ccccc1)c1ccccc1. The smallest absolute Gasteiger partial charge is 0.108 e. The van der Waals surface area contributed by atoms with Crippen molar-refractivity contribution in [2.75, 3.05) is 20.2 Å². The molecule has 2 atom stereocenters.